The van der Waals surface area contributed by atoms with E-state index in [-0.39, 0.29) is 17.0 Å². The van der Waals surface area contributed by atoms with E-state index in [1.165, 1.54) is 41.7 Å². The Bertz CT molecular complexity index is 1040. The van der Waals surface area contributed by atoms with Crippen LogP contribution in [-0.4, -0.2) is 51.6 Å². The topological polar surface area (TPSA) is 103 Å². The molecule has 3 aromatic rings. The molecule has 25 heavy (non-hydrogen) atoms. The van der Waals surface area contributed by atoms with Gasteiger partial charge in [-0.1, -0.05) is 18.2 Å². The predicted molar refractivity (Wildman–Crippen MR) is 89.8 cm³/mol. The van der Waals surface area contributed by atoms with Gasteiger partial charge in [0.2, 0.25) is 10.0 Å². The Morgan fingerprint density at radius 3 is 2.48 bits per heavy atom. The van der Waals surface area contributed by atoms with Crippen molar-refractivity contribution in [1.82, 2.24) is 29.1 Å². The normalized spacial score (nSPS) is 11.8. The van der Waals surface area contributed by atoms with Crippen LogP contribution in [0.1, 0.15) is 5.82 Å². The number of aromatic nitrogens is 5. The van der Waals surface area contributed by atoms with Gasteiger partial charge in [-0.2, -0.15) is 4.68 Å². The molecule has 10 heteroatoms. The Morgan fingerprint density at radius 1 is 1.08 bits per heavy atom. The molecular weight excluding hydrogens is 344 g/mol. The van der Waals surface area contributed by atoms with Crippen molar-refractivity contribution in [3.05, 3.63) is 64.8 Å². The molecule has 0 aliphatic carbocycles. The van der Waals surface area contributed by atoms with Crippen LogP contribution < -0.4 is 5.56 Å². The van der Waals surface area contributed by atoms with Crippen LogP contribution in [0.4, 0.5) is 0 Å². The van der Waals surface area contributed by atoms with Crippen molar-refractivity contribution >= 4 is 10.0 Å². The molecule has 0 aliphatic heterocycles. The van der Waals surface area contributed by atoms with Crippen LogP contribution in [0.3, 0.4) is 0 Å². The Hall–Kier alpha value is -2.85. The highest BCUT2D eigenvalue weighted by Gasteiger charge is 2.19. The first-order valence-corrected chi connectivity index (χ1v) is 8.79. The van der Waals surface area contributed by atoms with Crippen LogP contribution >= 0.6 is 0 Å². The lowest BCUT2D eigenvalue weighted by molar-refractivity contribution is 0.518. The van der Waals surface area contributed by atoms with E-state index < -0.39 is 10.0 Å². The third kappa shape index (κ3) is 3.35. The standard InChI is InChI=1S/C15H16N6O3S/c1-19(2)25(23,24)13-8-9-15(22)20(10-13)11-14-16-17-18-21(14)12-6-4-3-5-7-12/h3-10H,11H2,1-2H3. The molecule has 2 heterocycles. The molecule has 0 fully saturated rings. The summed E-state index contributed by atoms with van der Waals surface area (Å²) in [5.74, 6) is 0.410. The van der Waals surface area contributed by atoms with E-state index in [0.29, 0.717) is 5.82 Å². The second-order valence-electron chi connectivity index (χ2n) is 5.46. The first-order valence-electron chi connectivity index (χ1n) is 7.35. The van der Waals surface area contributed by atoms with Gasteiger partial charge in [0.15, 0.2) is 5.82 Å². The van der Waals surface area contributed by atoms with Gasteiger partial charge in [-0.05, 0) is 28.6 Å². The van der Waals surface area contributed by atoms with Crippen LogP contribution in [0.25, 0.3) is 5.69 Å². The first-order chi connectivity index (χ1) is 11.9. The Morgan fingerprint density at radius 2 is 1.80 bits per heavy atom. The van der Waals surface area contributed by atoms with Gasteiger partial charge in [-0.15, -0.1) is 5.10 Å². The minimum Gasteiger partial charge on any atom is -0.306 e. The zero-order valence-corrected chi connectivity index (χ0v) is 14.5. The fourth-order valence-corrected chi connectivity index (χ4v) is 3.14. The van der Waals surface area contributed by atoms with Gasteiger partial charge < -0.3 is 4.57 Å². The minimum absolute atomic E-state index is 0.0239. The van der Waals surface area contributed by atoms with Gasteiger partial charge in [0.1, 0.15) is 0 Å². The molecule has 0 N–H and O–H groups in total. The van der Waals surface area contributed by atoms with E-state index in [2.05, 4.69) is 15.5 Å². The number of tetrazole rings is 1. The van der Waals surface area contributed by atoms with E-state index in [1.54, 1.807) is 0 Å². The number of hydrogen-bond acceptors (Lipinski definition) is 6. The highest BCUT2D eigenvalue weighted by atomic mass is 32.2. The van der Waals surface area contributed by atoms with Crippen LogP contribution in [0.15, 0.2) is 58.4 Å². The number of benzene rings is 1. The molecule has 3 rings (SSSR count). The van der Waals surface area contributed by atoms with Crippen molar-refractivity contribution in [2.45, 2.75) is 11.4 Å². The minimum atomic E-state index is -3.64. The maximum absolute atomic E-state index is 12.3. The molecule has 0 spiro atoms. The SMILES string of the molecule is CN(C)S(=O)(=O)c1ccc(=O)n(Cc2nnnn2-c2ccccc2)c1. The maximum atomic E-state index is 12.3. The molecule has 0 atom stereocenters. The summed E-state index contributed by atoms with van der Waals surface area (Å²) in [6.45, 7) is 0.0392. The van der Waals surface area contributed by atoms with Gasteiger partial charge in [0.25, 0.3) is 5.56 Å². The van der Waals surface area contributed by atoms with E-state index >= 15 is 0 Å². The number of para-hydroxylation sites is 1. The fourth-order valence-electron chi connectivity index (χ4n) is 2.22. The smallest absolute Gasteiger partial charge is 0.251 e. The number of rotatable bonds is 5. The third-order valence-corrected chi connectivity index (χ3v) is 5.38. The average Bonchev–Trinajstić information content (AvgIpc) is 3.05. The van der Waals surface area contributed by atoms with Crippen molar-refractivity contribution < 1.29 is 8.42 Å². The fraction of sp³-hybridized carbons (Fsp3) is 0.200. The largest absolute Gasteiger partial charge is 0.306 e. The lowest BCUT2D eigenvalue weighted by Gasteiger charge is -2.13. The van der Waals surface area contributed by atoms with Crippen LogP contribution in [0.2, 0.25) is 0 Å². The Labute approximate surface area is 144 Å². The second kappa shape index (κ2) is 6.57. The summed E-state index contributed by atoms with van der Waals surface area (Å²) >= 11 is 0. The monoisotopic (exact) mass is 360 g/mol. The summed E-state index contributed by atoms with van der Waals surface area (Å²) in [5.41, 5.74) is 0.396. The van der Waals surface area contributed by atoms with Gasteiger partial charge in [0, 0.05) is 26.4 Å². The van der Waals surface area contributed by atoms with E-state index in [0.717, 1.165) is 9.99 Å². The summed E-state index contributed by atoms with van der Waals surface area (Å²) in [7, 11) is -0.780. The molecule has 0 aliphatic rings. The number of pyridine rings is 1. The Kier molecular flexibility index (Phi) is 4.47. The molecular formula is C15H16N6O3S. The number of hydrogen-bond donors (Lipinski definition) is 0. The molecule has 0 unspecified atom stereocenters. The molecule has 0 saturated carbocycles. The van der Waals surface area contributed by atoms with Gasteiger partial charge in [-0.3, -0.25) is 4.79 Å². The maximum Gasteiger partial charge on any atom is 0.251 e. The molecule has 130 valence electrons. The molecule has 9 nitrogen and oxygen atoms in total. The number of sulfonamides is 1. The number of nitrogens with zero attached hydrogens (tertiary/aromatic N) is 6. The van der Waals surface area contributed by atoms with E-state index in [4.69, 9.17) is 0 Å². The zero-order valence-electron chi connectivity index (χ0n) is 13.6. The predicted octanol–water partition coefficient (Wildman–Crippen LogP) is 0.123. The van der Waals surface area contributed by atoms with Crippen LogP contribution in [-0.2, 0) is 16.6 Å². The lowest BCUT2D eigenvalue weighted by Crippen LogP contribution is -2.26. The quantitative estimate of drug-likeness (QED) is 0.640. The molecule has 2 aromatic heterocycles. The van der Waals surface area contributed by atoms with E-state index in [1.807, 2.05) is 30.3 Å². The van der Waals surface area contributed by atoms with Crippen LogP contribution in [0, 0.1) is 0 Å². The first kappa shape index (κ1) is 17.0. The average molecular weight is 360 g/mol. The highest BCUT2D eigenvalue weighted by Crippen LogP contribution is 2.12. The van der Waals surface area contributed by atoms with Gasteiger partial charge in [0.05, 0.1) is 17.1 Å². The Balaban J connectivity index is 2.01. The lowest BCUT2D eigenvalue weighted by atomic mass is 10.3. The zero-order chi connectivity index (χ0) is 18.0. The van der Waals surface area contributed by atoms with Crippen molar-refractivity contribution in [2.24, 2.45) is 0 Å². The third-order valence-electron chi connectivity index (χ3n) is 3.58. The van der Waals surface area contributed by atoms with Crippen molar-refractivity contribution in [3.8, 4) is 5.69 Å². The van der Waals surface area contributed by atoms with E-state index in [9.17, 15) is 13.2 Å². The summed E-state index contributed by atoms with van der Waals surface area (Å²) in [6.07, 6.45) is 1.29. The summed E-state index contributed by atoms with van der Waals surface area (Å²) in [5, 5.41) is 11.5. The van der Waals surface area contributed by atoms with Crippen molar-refractivity contribution in [3.63, 3.8) is 0 Å². The molecule has 0 bridgehead atoms. The molecule has 1 aromatic carbocycles. The summed E-state index contributed by atoms with van der Waals surface area (Å²) < 4.78 is 28.4. The van der Waals surface area contributed by atoms with Crippen LogP contribution in [0.5, 0.6) is 0 Å². The van der Waals surface area contributed by atoms with Crippen molar-refractivity contribution in [1.29, 1.82) is 0 Å². The molecule has 0 amide bonds. The molecule has 0 saturated heterocycles. The molecule has 0 radical (unpaired) electrons. The summed E-state index contributed by atoms with van der Waals surface area (Å²) in [6, 6.07) is 11.7. The highest BCUT2D eigenvalue weighted by molar-refractivity contribution is 7.89. The van der Waals surface area contributed by atoms with Gasteiger partial charge >= 0.3 is 0 Å². The van der Waals surface area contributed by atoms with Crippen molar-refractivity contribution in [2.75, 3.05) is 14.1 Å². The summed E-state index contributed by atoms with van der Waals surface area (Å²) in [4.78, 5) is 12.1. The van der Waals surface area contributed by atoms with Gasteiger partial charge in [-0.25, -0.2) is 12.7 Å². The second-order valence-corrected chi connectivity index (χ2v) is 7.61.